The van der Waals surface area contributed by atoms with Gasteiger partial charge in [0.25, 0.3) is 15.9 Å². The second-order valence-electron chi connectivity index (χ2n) is 12.4. The molecule has 3 aromatic rings. The molecule has 0 radical (unpaired) electrons. The van der Waals surface area contributed by atoms with Crippen LogP contribution in [0.3, 0.4) is 0 Å². The summed E-state index contributed by atoms with van der Waals surface area (Å²) in [6.07, 6.45) is 1.43. The summed E-state index contributed by atoms with van der Waals surface area (Å²) < 4.78 is 52.6. The van der Waals surface area contributed by atoms with Crippen LogP contribution in [-0.2, 0) is 25.2 Å². The van der Waals surface area contributed by atoms with Crippen LogP contribution < -0.4 is 18.5 Å². The van der Waals surface area contributed by atoms with Gasteiger partial charge in [-0.15, -0.1) is 0 Å². The number of nitrogens with zero attached hydrogens (tertiary/aromatic N) is 4. The van der Waals surface area contributed by atoms with Gasteiger partial charge in [-0.2, -0.15) is 4.31 Å². The smallest absolute Gasteiger partial charge is 0.411 e. The van der Waals surface area contributed by atoms with E-state index in [1.54, 1.807) is 47.4 Å². The summed E-state index contributed by atoms with van der Waals surface area (Å²) in [4.78, 5) is 35.3. The molecule has 1 unspecified atom stereocenters. The van der Waals surface area contributed by atoms with Crippen LogP contribution in [0.2, 0.25) is 0 Å². The Morgan fingerprint density at radius 2 is 1.50 bits per heavy atom. The van der Waals surface area contributed by atoms with E-state index in [4.69, 9.17) is 18.9 Å². The molecule has 3 heterocycles. The number of benzene rings is 3. The van der Waals surface area contributed by atoms with Gasteiger partial charge in [0.15, 0.2) is 0 Å². The van der Waals surface area contributed by atoms with Crippen molar-refractivity contribution in [3.63, 3.8) is 0 Å². The minimum absolute atomic E-state index is 0.00919. The second-order valence-corrected chi connectivity index (χ2v) is 14.2. The number of methoxy groups -OCH3 is 3. The highest BCUT2D eigenvalue weighted by molar-refractivity contribution is 7.93. The van der Waals surface area contributed by atoms with Crippen molar-refractivity contribution in [2.24, 2.45) is 0 Å². The van der Waals surface area contributed by atoms with Crippen LogP contribution in [0.5, 0.6) is 17.2 Å². The summed E-state index contributed by atoms with van der Waals surface area (Å²) in [6, 6.07) is 16.3. The molecule has 2 fully saturated rings. The van der Waals surface area contributed by atoms with Crippen molar-refractivity contribution >= 4 is 27.7 Å². The molecular weight excluding hydrogens is 636 g/mol. The molecule has 6 rings (SSSR count). The number of ether oxygens (including phenoxy) is 4. The quantitative estimate of drug-likeness (QED) is 0.348. The number of piperidine rings is 1. The number of carbonyl (C=O) groups is 2. The molecule has 2 saturated heterocycles. The maximum Gasteiger partial charge on any atom is 0.411 e. The van der Waals surface area contributed by atoms with Gasteiger partial charge in [0.2, 0.25) is 5.60 Å². The van der Waals surface area contributed by atoms with Crippen LogP contribution in [0, 0.1) is 6.92 Å². The van der Waals surface area contributed by atoms with E-state index in [9.17, 15) is 13.2 Å². The van der Waals surface area contributed by atoms with E-state index in [0.717, 1.165) is 31.5 Å². The second kappa shape index (κ2) is 13.3. The number of aryl methyl sites for hydroxylation is 1. The molecular formula is C35H42N4O8S. The van der Waals surface area contributed by atoms with Gasteiger partial charge < -0.3 is 28.7 Å². The topological polar surface area (TPSA) is 118 Å². The van der Waals surface area contributed by atoms with Crippen LogP contribution in [0.25, 0.3) is 0 Å². The molecule has 3 aliphatic heterocycles. The maximum atomic E-state index is 15.0. The molecule has 0 spiro atoms. The molecule has 3 aromatic carbocycles. The lowest BCUT2D eigenvalue weighted by Gasteiger charge is -2.42. The third kappa shape index (κ3) is 5.73. The van der Waals surface area contributed by atoms with Crippen molar-refractivity contribution < 1.29 is 37.0 Å². The summed E-state index contributed by atoms with van der Waals surface area (Å²) in [6.45, 7) is 6.07. The first-order valence-electron chi connectivity index (χ1n) is 16.0. The highest BCUT2D eigenvalue weighted by Gasteiger charge is 2.61. The number of amides is 2. The standard InChI is InChI=1S/C35H42N4O8S/c1-24-10-12-29-28(22-24)35(27-8-6-7-9-30(27)45-4,33(40)39(29)48(42,43)32-13-11-26(44-3)23-31(32)46-5)47-34(41)38-20-18-37(19-21-38)25-14-16-36(2)17-15-25/h6-13,22-23,25H,14-21H2,1-5H3. The van der Waals surface area contributed by atoms with E-state index in [0.29, 0.717) is 42.3 Å². The molecule has 12 nitrogen and oxygen atoms in total. The molecule has 48 heavy (non-hydrogen) atoms. The largest absolute Gasteiger partial charge is 0.497 e. The zero-order valence-electron chi connectivity index (χ0n) is 28.0. The van der Waals surface area contributed by atoms with Gasteiger partial charge in [-0.25, -0.2) is 13.2 Å². The van der Waals surface area contributed by atoms with E-state index in [-0.39, 0.29) is 33.2 Å². The lowest BCUT2D eigenvalue weighted by molar-refractivity contribution is -0.132. The number of carbonyl (C=O) groups excluding carboxylic acids is 2. The first kappa shape index (κ1) is 33.6. The SMILES string of the molecule is COc1ccc(S(=O)(=O)N2C(=O)C(OC(=O)N3CCN(C4CCN(C)CC4)CC3)(c3ccccc3OC)c3cc(C)ccc32)c(OC)c1. The predicted molar refractivity (Wildman–Crippen MR) is 179 cm³/mol. The normalized spacial score (nSPS) is 20.8. The Kier molecular flexibility index (Phi) is 9.29. The van der Waals surface area contributed by atoms with Crippen LogP contribution in [0.4, 0.5) is 10.5 Å². The number of hydrogen-bond donors (Lipinski definition) is 0. The number of anilines is 1. The molecule has 1 atom stereocenters. The highest BCUT2D eigenvalue weighted by Crippen LogP contribution is 2.52. The number of piperazine rings is 1. The third-order valence-corrected chi connectivity index (χ3v) is 11.4. The summed E-state index contributed by atoms with van der Waals surface area (Å²) >= 11 is 0. The van der Waals surface area contributed by atoms with Gasteiger partial charge in [-0.05, 0) is 70.2 Å². The first-order valence-corrected chi connectivity index (χ1v) is 17.5. The number of rotatable bonds is 8. The Hall–Kier alpha value is -4.33. The highest BCUT2D eigenvalue weighted by atomic mass is 32.2. The fraction of sp³-hybridized carbons (Fsp3) is 0.429. The van der Waals surface area contributed by atoms with E-state index < -0.39 is 27.6 Å². The Morgan fingerprint density at radius 1 is 0.812 bits per heavy atom. The Bertz CT molecular complexity index is 1800. The van der Waals surface area contributed by atoms with Crippen molar-refractivity contribution in [3.05, 3.63) is 77.4 Å². The summed E-state index contributed by atoms with van der Waals surface area (Å²) in [5, 5.41) is 0. The zero-order valence-corrected chi connectivity index (χ0v) is 28.8. The molecule has 2 amide bonds. The lowest BCUT2D eigenvalue weighted by atomic mass is 9.85. The van der Waals surface area contributed by atoms with Crippen molar-refractivity contribution in [1.29, 1.82) is 0 Å². The minimum Gasteiger partial charge on any atom is -0.497 e. The fourth-order valence-electron chi connectivity index (χ4n) is 6.98. The number of fused-ring (bicyclic) bond motifs is 1. The molecule has 0 bridgehead atoms. The molecule has 0 aliphatic carbocycles. The third-order valence-electron chi connectivity index (χ3n) is 9.63. The number of hydrogen-bond acceptors (Lipinski definition) is 10. The lowest BCUT2D eigenvalue weighted by Crippen LogP contribution is -2.55. The van der Waals surface area contributed by atoms with Crippen LogP contribution in [-0.4, -0.2) is 109 Å². The van der Waals surface area contributed by atoms with Crippen LogP contribution in [0.15, 0.2) is 65.6 Å². The molecule has 13 heteroatoms. The minimum atomic E-state index is -4.62. The summed E-state index contributed by atoms with van der Waals surface area (Å²) in [5.41, 5.74) is -0.948. The van der Waals surface area contributed by atoms with Gasteiger partial charge in [0.1, 0.15) is 22.1 Å². The number of likely N-dealkylation sites (tertiary alicyclic amines) is 1. The predicted octanol–water partition coefficient (Wildman–Crippen LogP) is 3.85. The van der Waals surface area contributed by atoms with Crippen LogP contribution in [0.1, 0.15) is 29.5 Å². The summed E-state index contributed by atoms with van der Waals surface area (Å²) in [7, 11) is 1.75. The molecule has 0 aromatic heterocycles. The van der Waals surface area contributed by atoms with Gasteiger partial charge in [-0.3, -0.25) is 9.69 Å². The fourth-order valence-corrected chi connectivity index (χ4v) is 8.57. The Morgan fingerprint density at radius 3 is 2.17 bits per heavy atom. The number of sulfonamides is 1. The Balaban J connectivity index is 1.42. The monoisotopic (exact) mass is 678 g/mol. The Labute approximate surface area is 281 Å². The van der Waals surface area contributed by atoms with E-state index in [1.165, 1.54) is 39.5 Å². The van der Waals surface area contributed by atoms with Gasteiger partial charge >= 0.3 is 6.09 Å². The average Bonchev–Trinajstić information content (AvgIpc) is 3.35. The van der Waals surface area contributed by atoms with Crippen LogP contribution >= 0.6 is 0 Å². The van der Waals surface area contributed by atoms with Gasteiger partial charge in [-0.1, -0.05) is 29.8 Å². The van der Waals surface area contributed by atoms with Crippen molar-refractivity contribution in [3.8, 4) is 17.2 Å². The average molecular weight is 679 g/mol. The van der Waals surface area contributed by atoms with Gasteiger partial charge in [0, 0.05) is 43.9 Å². The first-order chi connectivity index (χ1) is 23.0. The maximum absolute atomic E-state index is 15.0. The molecule has 3 aliphatic rings. The van der Waals surface area contributed by atoms with Crippen molar-refractivity contribution in [2.45, 2.75) is 36.3 Å². The van der Waals surface area contributed by atoms with Crippen molar-refractivity contribution in [2.75, 3.05) is 72.0 Å². The van der Waals surface area contributed by atoms with Gasteiger partial charge in [0.05, 0.1) is 32.6 Å². The zero-order chi connectivity index (χ0) is 34.2. The van der Waals surface area contributed by atoms with Crippen molar-refractivity contribution in [1.82, 2.24) is 14.7 Å². The molecule has 0 N–H and O–H groups in total. The summed E-state index contributed by atoms with van der Waals surface area (Å²) in [5.74, 6) is -0.337. The molecule has 256 valence electrons. The molecule has 0 saturated carbocycles. The van der Waals surface area contributed by atoms with E-state index >= 15 is 4.79 Å². The van der Waals surface area contributed by atoms with E-state index in [2.05, 4.69) is 16.8 Å². The number of para-hydroxylation sites is 1. The van der Waals surface area contributed by atoms with E-state index in [1.807, 2.05) is 6.92 Å².